The van der Waals surface area contributed by atoms with Crippen LogP contribution >= 0.6 is 11.8 Å². The average molecular weight is 626 g/mol. The number of H-pyrrole nitrogens is 1. The Kier molecular flexibility index (Phi) is 8.36. The first-order valence-corrected chi connectivity index (χ1v) is 17.2. The summed E-state index contributed by atoms with van der Waals surface area (Å²) in [7, 11) is 0. The summed E-state index contributed by atoms with van der Waals surface area (Å²) in [6.07, 6.45) is 1.34. The SMILES string of the molecule is Cc1cc(C)c(NC(=O)C2(N(Cc3ccccc3F)C(=O)C[C@H]3[C@@H](c4c(C)[nH]c5ccccc45)C3(C)C)CCSCC2)c(C)c1. The van der Waals surface area contributed by atoms with E-state index in [0.717, 1.165) is 45.1 Å². The number of aryl methyl sites for hydroxylation is 4. The maximum atomic E-state index is 15.2. The Morgan fingerprint density at radius 1 is 0.978 bits per heavy atom. The van der Waals surface area contributed by atoms with Crippen LogP contribution in [0.5, 0.6) is 0 Å². The zero-order chi connectivity index (χ0) is 32.1. The summed E-state index contributed by atoms with van der Waals surface area (Å²) >= 11 is 1.80. The number of fused-ring (bicyclic) bond motifs is 1. The minimum atomic E-state index is -1.08. The molecule has 4 aromatic rings. The van der Waals surface area contributed by atoms with Crippen molar-refractivity contribution in [3.63, 3.8) is 0 Å². The van der Waals surface area contributed by atoms with E-state index in [1.165, 1.54) is 17.0 Å². The highest BCUT2D eigenvalue weighted by Gasteiger charge is 2.60. The molecule has 236 valence electrons. The Hall–Kier alpha value is -3.58. The highest BCUT2D eigenvalue weighted by Crippen LogP contribution is 2.67. The number of aromatic amines is 1. The number of carbonyl (C=O) groups excluding carboxylic acids is 2. The van der Waals surface area contributed by atoms with E-state index in [0.29, 0.717) is 24.8 Å². The van der Waals surface area contributed by atoms with Gasteiger partial charge < -0.3 is 15.2 Å². The van der Waals surface area contributed by atoms with Gasteiger partial charge in [-0.3, -0.25) is 9.59 Å². The van der Waals surface area contributed by atoms with Crippen molar-refractivity contribution in [1.29, 1.82) is 0 Å². The van der Waals surface area contributed by atoms with Crippen molar-refractivity contribution >= 4 is 40.2 Å². The first-order valence-electron chi connectivity index (χ1n) is 16.0. The van der Waals surface area contributed by atoms with Gasteiger partial charge in [-0.05, 0) is 98.1 Å². The lowest BCUT2D eigenvalue weighted by molar-refractivity contribution is -0.147. The molecular weight excluding hydrogens is 582 g/mol. The van der Waals surface area contributed by atoms with Gasteiger partial charge in [0.2, 0.25) is 11.8 Å². The van der Waals surface area contributed by atoms with Crippen molar-refractivity contribution < 1.29 is 14.0 Å². The summed E-state index contributed by atoms with van der Waals surface area (Å²) in [4.78, 5) is 34.5. The Bertz CT molecular complexity index is 1750. The lowest BCUT2D eigenvalue weighted by Crippen LogP contribution is -2.60. The summed E-state index contributed by atoms with van der Waals surface area (Å²) in [5.41, 5.74) is 6.68. The van der Waals surface area contributed by atoms with Crippen LogP contribution in [0.1, 0.15) is 72.5 Å². The molecule has 0 unspecified atom stereocenters. The number of para-hydroxylation sites is 1. The molecule has 2 aliphatic rings. The molecule has 1 aliphatic carbocycles. The minimum Gasteiger partial charge on any atom is -0.358 e. The van der Waals surface area contributed by atoms with Gasteiger partial charge in [-0.1, -0.05) is 67.9 Å². The standard InChI is InChI=1S/C38H44FN3O2S/c1-23-19-24(2)35(25(3)20-23)41-36(44)38(15-17-45-18-16-38)42(22-27-11-7-9-13-30(27)39)32(43)21-29-34(37(29,5)6)33-26(4)40-31-14-10-8-12-28(31)33/h7-14,19-20,29,34,40H,15-18,21-22H2,1-6H3,(H,41,44)/t29-,34-/m0/s1. The molecule has 1 saturated carbocycles. The molecule has 6 rings (SSSR count). The van der Waals surface area contributed by atoms with Crippen LogP contribution in [0.3, 0.4) is 0 Å². The number of carbonyl (C=O) groups is 2. The Labute approximate surface area is 270 Å². The molecule has 1 aliphatic heterocycles. The van der Waals surface area contributed by atoms with Crippen molar-refractivity contribution in [3.05, 3.63) is 100.0 Å². The number of amides is 2. The van der Waals surface area contributed by atoms with Gasteiger partial charge in [0.25, 0.3) is 0 Å². The van der Waals surface area contributed by atoms with E-state index in [1.807, 2.05) is 26.8 Å². The lowest BCUT2D eigenvalue weighted by atomic mass is 9.86. The fourth-order valence-electron chi connectivity index (χ4n) is 7.91. The molecule has 2 atom stereocenters. The number of nitrogens with one attached hydrogen (secondary N) is 2. The van der Waals surface area contributed by atoms with Crippen LogP contribution < -0.4 is 5.32 Å². The molecule has 2 amide bonds. The van der Waals surface area contributed by atoms with Gasteiger partial charge in [-0.15, -0.1) is 0 Å². The minimum absolute atomic E-state index is 0.0549. The van der Waals surface area contributed by atoms with E-state index >= 15 is 4.39 Å². The number of benzene rings is 3. The number of hydrogen-bond acceptors (Lipinski definition) is 3. The van der Waals surface area contributed by atoms with Gasteiger partial charge in [0.05, 0.1) is 0 Å². The second-order valence-corrected chi connectivity index (χ2v) is 15.0. The predicted molar refractivity (Wildman–Crippen MR) is 183 cm³/mol. The second kappa shape index (κ2) is 12.0. The zero-order valence-corrected chi connectivity index (χ0v) is 28.0. The third-order valence-electron chi connectivity index (χ3n) is 10.5. The topological polar surface area (TPSA) is 65.2 Å². The molecule has 0 bridgehead atoms. The number of thioether (sulfide) groups is 1. The summed E-state index contributed by atoms with van der Waals surface area (Å²) < 4.78 is 15.2. The van der Waals surface area contributed by atoms with E-state index < -0.39 is 5.54 Å². The molecule has 1 saturated heterocycles. The van der Waals surface area contributed by atoms with Crippen molar-refractivity contribution in [1.82, 2.24) is 9.88 Å². The Morgan fingerprint density at radius 2 is 1.62 bits per heavy atom. The quantitative estimate of drug-likeness (QED) is 0.206. The van der Waals surface area contributed by atoms with Crippen LogP contribution in [0.2, 0.25) is 0 Å². The number of nitrogens with zero attached hydrogens (tertiary/aromatic N) is 1. The number of rotatable bonds is 8. The fraction of sp³-hybridized carbons (Fsp3) is 0.421. The maximum absolute atomic E-state index is 15.2. The summed E-state index contributed by atoms with van der Waals surface area (Å²) in [6.45, 7) is 12.7. The molecular formula is C38H44FN3O2S. The average Bonchev–Trinajstić information content (AvgIpc) is 3.35. The van der Waals surface area contributed by atoms with E-state index in [9.17, 15) is 9.59 Å². The highest BCUT2D eigenvalue weighted by molar-refractivity contribution is 7.99. The predicted octanol–water partition coefficient (Wildman–Crippen LogP) is 8.60. The monoisotopic (exact) mass is 625 g/mol. The van der Waals surface area contributed by atoms with Gasteiger partial charge in [-0.2, -0.15) is 11.8 Å². The Balaban J connectivity index is 1.37. The summed E-state index contributed by atoms with van der Waals surface area (Å²) in [6, 6.07) is 19.1. The van der Waals surface area contributed by atoms with E-state index in [4.69, 9.17) is 0 Å². The molecule has 3 aromatic carbocycles. The van der Waals surface area contributed by atoms with E-state index in [1.54, 1.807) is 34.9 Å². The van der Waals surface area contributed by atoms with Gasteiger partial charge in [0.15, 0.2) is 0 Å². The molecule has 2 fully saturated rings. The number of halogens is 1. The summed E-state index contributed by atoms with van der Waals surface area (Å²) in [5.74, 6) is 1.19. The van der Waals surface area contributed by atoms with Crippen molar-refractivity contribution in [3.8, 4) is 0 Å². The van der Waals surface area contributed by atoms with Crippen molar-refractivity contribution in [2.45, 2.75) is 78.8 Å². The van der Waals surface area contributed by atoms with Crippen LogP contribution in [0, 0.1) is 44.8 Å². The molecule has 0 radical (unpaired) electrons. The van der Waals surface area contributed by atoms with Gasteiger partial charge in [0.1, 0.15) is 11.4 Å². The van der Waals surface area contributed by atoms with E-state index in [2.05, 4.69) is 61.4 Å². The van der Waals surface area contributed by atoms with Crippen molar-refractivity contribution in [2.24, 2.45) is 11.3 Å². The Morgan fingerprint density at radius 3 is 2.31 bits per heavy atom. The third kappa shape index (κ3) is 5.69. The lowest BCUT2D eigenvalue weighted by Gasteiger charge is -2.45. The molecule has 1 aromatic heterocycles. The van der Waals surface area contributed by atoms with Crippen LogP contribution in [-0.2, 0) is 16.1 Å². The maximum Gasteiger partial charge on any atom is 0.250 e. The number of anilines is 1. The molecule has 2 N–H and O–H groups in total. The van der Waals surface area contributed by atoms with Crippen molar-refractivity contribution in [2.75, 3.05) is 16.8 Å². The number of hydrogen-bond donors (Lipinski definition) is 2. The highest BCUT2D eigenvalue weighted by atomic mass is 32.2. The normalized spacial score (nSPS) is 20.2. The van der Waals surface area contributed by atoms with E-state index in [-0.39, 0.29) is 41.4 Å². The van der Waals surface area contributed by atoms with Crippen LogP contribution in [0.15, 0.2) is 60.7 Å². The van der Waals surface area contributed by atoms with Gasteiger partial charge >= 0.3 is 0 Å². The molecule has 7 heteroatoms. The second-order valence-electron chi connectivity index (χ2n) is 13.8. The first-order chi connectivity index (χ1) is 21.4. The van der Waals surface area contributed by atoms with Gasteiger partial charge in [-0.25, -0.2) is 4.39 Å². The molecule has 5 nitrogen and oxygen atoms in total. The molecule has 0 spiro atoms. The third-order valence-corrected chi connectivity index (χ3v) is 11.4. The smallest absolute Gasteiger partial charge is 0.250 e. The molecule has 2 heterocycles. The number of aromatic nitrogens is 1. The van der Waals surface area contributed by atoms with Crippen LogP contribution in [0.25, 0.3) is 10.9 Å². The van der Waals surface area contributed by atoms with Crippen LogP contribution in [0.4, 0.5) is 10.1 Å². The van der Waals surface area contributed by atoms with Gasteiger partial charge in [0, 0.05) is 40.8 Å². The molecule has 45 heavy (non-hydrogen) atoms. The van der Waals surface area contributed by atoms with Crippen LogP contribution in [-0.4, -0.2) is 38.7 Å². The summed E-state index contributed by atoms with van der Waals surface area (Å²) in [5, 5.41) is 4.46. The zero-order valence-electron chi connectivity index (χ0n) is 27.2. The fourth-order valence-corrected chi connectivity index (χ4v) is 9.07. The first kappa shape index (κ1) is 31.4. The largest absolute Gasteiger partial charge is 0.358 e.